The van der Waals surface area contributed by atoms with E-state index >= 15 is 0 Å². The molecule has 0 radical (unpaired) electrons. The molecule has 0 bridgehead atoms. The highest BCUT2D eigenvalue weighted by atomic mass is 16.6. The second-order valence-electron chi connectivity index (χ2n) is 7.08. The molecule has 1 aliphatic rings. The summed E-state index contributed by atoms with van der Waals surface area (Å²) in [7, 11) is 4.36. The number of esters is 1. The molecule has 0 unspecified atom stereocenters. The van der Waals surface area contributed by atoms with E-state index in [1.807, 2.05) is 18.2 Å². The van der Waals surface area contributed by atoms with Crippen molar-refractivity contribution in [1.82, 2.24) is 5.32 Å². The van der Waals surface area contributed by atoms with Crippen LogP contribution < -0.4 is 19.5 Å². The van der Waals surface area contributed by atoms with Crippen LogP contribution >= 0.6 is 0 Å². The number of aryl methyl sites for hydroxylation is 1. The number of carbonyl (C=O) groups is 2. The van der Waals surface area contributed by atoms with Crippen molar-refractivity contribution in [3.05, 3.63) is 53.1 Å². The van der Waals surface area contributed by atoms with Crippen LogP contribution in [0.15, 0.2) is 36.4 Å². The zero-order valence-corrected chi connectivity index (χ0v) is 17.7. The number of carbonyl (C=O) groups excluding carboxylic acids is 2. The van der Waals surface area contributed by atoms with Gasteiger partial charge in [0.25, 0.3) is 5.91 Å². The minimum atomic E-state index is -0.968. The summed E-state index contributed by atoms with van der Waals surface area (Å²) in [4.78, 5) is 25.4. The SMILES string of the molecule is COc1ccc(C(=O)O[C@H](C)C(=O)N[C@@H]2CCCc3ccccc32)c(OC)c1OC. The lowest BCUT2D eigenvalue weighted by Crippen LogP contribution is -2.39. The van der Waals surface area contributed by atoms with E-state index in [9.17, 15) is 9.59 Å². The molecule has 0 aromatic heterocycles. The Morgan fingerprint density at radius 1 is 1.00 bits per heavy atom. The highest BCUT2D eigenvalue weighted by molar-refractivity contribution is 5.96. The van der Waals surface area contributed by atoms with Gasteiger partial charge in [-0.1, -0.05) is 24.3 Å². The van der Waals surface area contributed by atoms with Crippen LogP contribution in [0.5, 0.6) is 17.2 Å². The summed E-state index contributed by atoms with van der Waals surface area (Å²) in [5.41, 5.74) is 2.52. The lowest BCUT2D eigenvalue weighted by molar-refractivity contribution is -0.130. The number of amides is 1. The molecule has 1 amide bonds. The summed E-state index contributed by atoms with van der Waals surface area (Å²) in [6.07, 6.45) is 1.89. The van der Waals surface area contributed by atoms with Crippen molar-refractivity contribution in [1.29, 1.82) is 0 Å². The number of benzene rings is 2. The zero-order chi connectivity index (χ0) is 21.7. The standard InChI is InChI=1S/C23H27NO6/c1-14(22(25)24-18-11-7-9-15-8-5-6-10-16(15)18)30-23(26)17-12-13-19(27-2)21(29-4)20(17)28-3/h5-6,8,10,12-14,18H,7,9,11H2,1-4H3,(H,24,25)/t14-,18-/m1/s1. The van der Waals surface area contributed by atoms with Gasteiger partial charge < -0.3 is 24.3 Å². The predicted molar refractivity (Wildman–Crippen MR) is 111 cm³/mol. The first-order chi connectivity index (χ1) is 14.5. The average molecular weight is 413 g/mol. The van der Waals surface area contributed by atoms with Gasteiger partial charge in [-0.25, -0.2) is 4.79 Å². The Hall–Kier alpha value is -3.22. The first-order valence-electron chi connectivity index (χ1n) is 9.88. The predicted octanol–water partition coefficient (Wildman–Crippen LogP) is 3.45. The van der Waals surface area contributed by atoms with E-state index in [4.69, 9.17) is 18.9 Å². The Bertz CT molecular complexity index is 926. The van der Waals surface area contributed by atoms with Gasteiger partial charge in [0.15, 0.2) is 17.6 Å². The van der Waals surface area contributed by atoms with Crippen LogP contribution in [-0.4, -0.2) is 39.3 Å². The van der Waals surface area contributed by atoms with Crippen molar-refractivity contribution < 1.29 is 28.5 Å². The summed E-state index contributed by atoms with van der Waals surface area (Å²) in [5, 5.41) is 3.01. The zero-order valence-electron chi connectivity index (χ0n) is 17.7. The van der Waals surface area contributed by atoms with Gasteiger partial charge in [-0.05, 0) is 49.4 Å². The molecule has 3 rings (SSSR count). The fraction of sp³-hybridized carbons (Fsp3) is 0.391. The second-order valence-corrected chi connectivity index (χ2v) is 7.08. The number of rotatable bonds is 7. The van der Waals surface area contributed by atoms with Gasteiger partial charge in [-0.2, -0.15) is 0 Å². The highest BCUT2D eigenvalue weighted by Crippen LogP contribution is 2.40. The summed E-state index contributed by atoms with van der Waals surface area (Å²) < 4.78 is 21.3. The molecule has 0 saturated heterocycles. The number of fused-ring (bicyclic) bond motifs is 1. The lowest BCUT2D eigenvalue weighted by atomic mass is 9.87. The maximum Gasteiger partial charge on any atom is 0.342 e. The molecule has 0 aliphatic heterocycles. The number of methoxy groups -OCH3 is 3. The Morgan fingerprint density at radius 2 is 1.73 bits per heavy atom. The molecule has 2 aromatic rings. The molecule has 1 N–H and O–H groups in total. The topological polar surface area (TPSA) is 83.1 Å². The van der Waals surface area contributed by atoms with Crippen molar-refractivity contribution >= 4 is 11.9 Å². The molecule has 7 nitrogen and oxygen atoms in total. The summed E-state index contributed by atoms with van der Waals surface area (Å²) >= 11 is 0. The van der Waals surface area contributed by atoms with Crippen molar-refractivity contribution in [2.75, 3.05) is 21.3 Å². The molecule has 30 heavy (non-hydrogen) atoms. The first-order valence-corrected chi connectivity index (χ1v) is 9.88. The van der Waals surface area contributed by atoms with Gasteiger partial charge in [0.2, 0.25) is 5.75 Å². The Morgan fingerprint density at radius 3 is 2.43 bits per heavy atom. The molecule has 0 fully saturated rings. The summed E-state index contributed by atoms with van der Waals surface area (Å²) in [6, 6.07) is 11.1. The lowest BCUT2D eigenvalue weighted by Gasteiger charge is -2.27. The third-order valence-corrected chi connectivity index (χ3v) is 5.26. The average Bonchev–Trinajstić information content (AvgIpc) is 2.77. The number of ether oxygens (including phenoxy) is 4. The van der Waals surface area contributed by atoms with E-state index in [1.54, 1.807) is 13.0 Å². The third kappa shape index (κ3) is 4.35. The minimum absolute atomic E-state index is 0.0841. The highest BCUT2D eigenvalue weighted by Gasteiger charge is 2.28. The molecular weight excluding hydrogens is 386 g/mol. The van der Waals surface area contributed by atoms with Crippen LogP contribution in [0.3, 0.4) is 0 Å². The van der Waals surface area contributed by atoms with E-state index in [2.05, 4.69) is 11.4 Å². The quantitative estimate of drug-likeness (QED) is 0.700. The van der Waals surface area contributed by atoms with E-state index in [1.165, 1.54) is 33.0 Å². The van der Waals surface area contributed by atoms with Crippen molar-refractivity contribution in [3.8, 4) is 17.2 Å². The second kappa shape index (κ2) is 9.52. The first kappa shape index (κ1) is 21.5. The fourth-order valence-electron chi connectivity index (χ4n) is 3.73. The molecule has 2 atom stereocenters. The Kier molecular flexibility index (Phi) is 6.82. The van der Waals surface area contributed by atoms with Crippen LogP contribution in [0.1, 0.15) is 47.3 Å². The van der Waals surface area contributed by atoms with Gasteiger partial charge in [0, 0.05) is 0 Å². The van der Waals surface area contributed by atoms with Crippen LogP contribution in [0.4, 0.5) is 0 Å². The van der Waals surface area contributed by atoms with Gasteiger partial charge in [-0.3, -0.25) is 4.79 Å². The van der Waals surface area contributed by atoms with Crippen LogP contribution in [0.25, 0.3) is 0 Å². The van der Waals surface area contributed by atoms with Crippen molar-refractivity contribution in [2.24, 2.45) is 0 Å². The van der Waals surface area contributed by atoms with Crippen molar-refractivity contribution in [2.45, 2.75) is 38.3 Å². The van der Waals surface area contributed by atoms with E-state index < -0.39 is 12.1 Å². The molecule has 1 aliphatic carbocycles. The van der Waals surface area contributed by atoms with Gasteiger partial charge in [0.1, 0.15) is 5.56 Å². The van der Waals surface area contributed by atoms with Gasteiger partial charge in [-0.15, -0.1) is 0 Å². The smallest absolute Gasteiger partial charge is 0.342 e. The number of nitrogens with one attached hydrogen (secondary N) is 1. The molecule has 0 spiro atoms. The minimum Gasteiger partial charge on any atom is -0.493 e. The largest absolute Gasteiger partial charge is 0.493 e. The maximum absolute atomic E-state index is 12.7. The van der Waals surface area contributed by atoms with Crippen LogP contribution in [0.2, 0.25) is 0 Å². The van der Waals surface area contributed by atoms with Gasteiger partial charge >= 0.3 is 5.97 Å². The molecule has 7 heteroatoms. The monoisotopic (exact) mass is 413 g/mol. The Balaban J connectivity index is 1.71. The van der Waals surface area contributed by atoms with Gasteiger partial charge in [0.05, 0.1) is 27.4 Å². The third-order valence-electron chi connectivity index (χ3n) is 5.26. The number of hydrogen-bond donors (Lipinski definition) is 1. The van der Waals surface area contributed by atoms with Crippen LogP contribution in [-0.2, 0) is 16.0 Å². The van der Waals surface area contributed by atoms with Crippen molar-refractivity contribution in [3.63, 3.8) is 0 Å². The Labute approximate surface area is 176 Å². The molecular formula is C23H27NO6. The molecule has 0 heterocycles. The molecule has 0 saturated carbocycles. The fourth-order valence-corrected chi connectivity index (χ4v) is 3.73. The van der Waals surface area contributed by atoms with E-state index in [-0.39, 0.29) is 29.0 Å². The summed E-state index contributed by atoms with van der Waals surface area (Å²) in [5.74, 6) is -0.127. The maximum atomic E-state index is 12.7. The number of hydrogen-bond acceptors (Lipinski definition) is 6. The normalized spacial score (nSPS) is 16.1. The van der Waals surface area contributed by atoms with E-state index in [0.717, 1.165) is 24.8 Å². The van der Waals surface area contributed by atoms with E-state index in [0.29, 0.717) is 5.75 Å². The molecule has 160 valence electrons. The van der Waals surface area contributed by atoms with Crippen LogP contribution in [0, 0.1) is 0 Å². The molecule has 2 aromatic carbocycles. The summed E-state index contributed by atoms with van der Waals surface area (Å²) in [6.45, 7) is 1.55.